The van der Waals surface area contributed by atoms with Gasteiger partial charge in [0, 0.05) is 0 Å². The maximum Gasteiger partial charge on any atom is -0.0423 e. The standard InChI is InChI=1S/H8P6/c1-4-5-6(2)3/h4-5H,1-3H2. The van der Waals surface area contributed by atoms with E-state index in [2.05, 4.69) is 26.8 Å². The lowest BCUT2D eigenvalue weighted by atomic mass is 29.1. The molecule has 0 rings (SSSR count). The lowest BCUT2D eigenvalue weighted by Gasteiger charge is -1.97. The summed E-state index contributed by atoms with van der Waals surface area (Å²) < 4.78 is 0. The number of rotatable bonds is 2. The van der Waals surface area contributed by atoms with Crippen LogP contribution in [0, 0.1) is 0 Å². The van der Waals surface area contributed by atoms with Crippen LogP contribution in [-0.4, -0.2) is 0 Å². The highest BCUT2D eigenvalue weighted by atomic mass is 32.9. The molecule has 0 aromatic heterocycles. The van der Waals surface area contributed by atoms with Crippen LogP contribution in [0.2, 0.25) is 0 Å². The lowest BCUT2D eigenvalue weighted by Crippen LogP contribution is -1.04. The molecule has 38 valence electrons. The Morgan fingerprint density at radius 1 is 1.33 bits per heavy atom. The third-order valence-corrected chi connectivity index (χ3v) is 15.7. The molecule has 0 aliphatic rings. The average molecular weight is 194 g/mol. The molecule has 0 heterocycles. The summed E-state index contributed by atoms with van der Waals surface area (Å²) in [7, 11) is 10.6. The Morgan fingerprint density at radius 3 is 1.83 bits per heavy atom. The van der Waals surface area contributed by atoms with E-state index in [-0.39, 0.29) is 6.99 Å². The van der Waals surface area contributed by atoms with Crippen LogP contribution in [0.4, 0.5) is 0 Å². The third kappa shape index (κ3) is 6.58. The van der Waals surface area contributed by atoms with Crippen molar-refractivity contribution in [1.82, 2.24) is 0 Å². The molecular formula is H8P6. The Bertz CT molecular complexity index is 21.2. The molecule has 0 aliphatic heterocycles. The summed E-state index contributed by atoms with van der Waals surface area (Å²) in [6.45, 7) is 0.252. The van der Waals surface area contributed by atoms with Gasteiger partial charge in [0.15, 0.2) is 0 Å². The minimum absolute atomic E-state index is 0.252. The van der Waals surface area contributed by atoms with Crippen molar-refractivity contribution < 1.29 is 0 Å². The lowest BCUT2D eigenvalue weighted by molar-refractivity contribution is 5.02. The van der Waals surface area contributed by atoms with Crippen molar-refractivity contribution in [3.8, 4) is 0 Å². The monoisotopic (exact) mass is 194 g/mol. The first kappa shape index (κ1) is 8.58. The Labute approximate surface area is 50.2 Å². The summed E-state index contributed by atoms with van der Waals surface area (Å²) in [4.78, 5) is 0. The highest BCUT2D eigenvalue weighted by Gasteiger charge is 1.84. The first-order valence-corrected chi connectivity index (χ1v) is 11.5. The molecule has 6 heteroatoms. The van der Waals surface area contributed by atoms with Crippen molar-refractivity contribution in [1.29, 1.82) is 0 Å². The van der Waals surface area contributed by atoms with Gasteiger partial charge >= 0.3 is 0 Å². The summed E-state index contributed by atoms with van der Waals surface area (Å²) in [5, 5.41) is 0. The molecule has 0 saturated carbocycles. The predicted octanol–water partition coefficient (Wildman–Crippen LogP) is 3.03. The largest absolute Gasteiger partial charge is 0.110 e. The molecule has 5 unspecified atom stereocenters. The van der Waals surface area contributed by atoms with E-state index in [1.165, 1.54) is 0 Å². The Hall–Kier alpha value is 2.58. The second kappa shape index (κ2) is 5.71. The van der Waals surface area contributed by atoms with Crippen molar-refractivity contribution >= 4 is 49.7 Å². The van der Waals surface area contributed by atoms with Crippen LogP contribution in [0.1, 0.15) is 0 Å². The summed E-state index contributed by atoms with van der Waals surface area (Å²) in [6, 6.07) is 0. The zero-order valence-electron chi connectivity index (χ0n) is 3.18. The van der Waals surface area contributed by atoms with Gasteiger partial charge < -0.3 is 0 Å². The van der Waals surface area contributed by atoms with Gasteiger partial charge in [0.05, 0.1) is 0 Å². The van der Waals surface area contributed by atoms with Gasteiger partial charge in [0.1, 0.15) is 0 Å². The van der Waals surface area contributed by atoms with Gasteiger partial charge in [0.25, 0.3) is 0 Å². The molecule has 6 heavy (non-hydrogen) atoms. The van der Waals surface area contributed by atoms with E-state index in [1.807, 2.05) is 0 Å². The molecule has 0 N–H and O–H groups in total. The van der Waals surface area contributed by atoms with Gasteiger partial charge in [-0.05, 0) is 6.99 Å². The van der Waals surface area contributed by atoms with Crippen molar-refractivity contribution in [2.75, 3.05) is 0 Å². The van der Waals surface area contributed by atoms with Crippen molar-refractivity contribution in [3.63, 3.8) is 0 Å². The minimum atomic E-state index is 0.252. The van der Waals surface area contributed by atoms with E-state index in [9.17, 15) is 0 Å². The van der Waals surface area contributed by atoms with Crippen molar-refractivity contribution in [2.24, 2.45) is 0 Å². The Morgan fingerprint density at radius 2 is 1.83 bits per heavy atom. The SMILES string of the molecule is PPPP(P)P. The molecule has 0 fully saturated rings. The van der Waals surface area contributed by atoms with Crippen LogP contribution in [0.3, 0.4) is 0 Å². The summed E-state index contributed by atoms with van der Waals surface area (Å²) >= 11 is 0. The van der Waals surface area contributed by atoms with Gasteiger partial charge in [-0.15, -0.1) is 26.8 Å². The molecule has 0 spiro atoms. The second-order valence-corrected chi connectivity index (χ2v) is 17.9. The summed E-state index contributed by atoms with van der Waals surface area (Å²) in [6.07, 6.45) is 0. The van der Waals surface area contributed by atoms with Crippen LogP contribution in [0.15, 0.2) is 0 Å². The van der Waals surface area contributed by atoms with Gasteiger partial charge in [-0.2, -0.15) is 0 Å². The molecule has 0 aromatic carbocycles. The molecule has 0 nitrogen and oxygen atoms in total. The molecule has 0 bridgehead atoms. The van der Waals surface area contributed by atoms with E-state index in [0.29, 0.717) is 0 Å². The maximum absolute atomic E-state index is 2.81. The topological polar surface area (TPSA) is 0 Å². The zero-order valence-corrected chi connectivity index (χ0v) is 9.54. The van der Waals surface area contributed by atoms with Crippen LogP contribution < -0.4 is 0 Å². The quantitative estimate of drug-likeness (QED) is 0.592. The fourth-order valence-electron chi connectivity index (χ4n) is 0.0745. The predicted molar refractivity (Wildman–Crippen MR) is 52.7 cm³/mol. The maximum atomic E-state index is 2.81. The molecule has 5 atom stereocenters. The summed E-state index contributed by atoms with van der Waals surface area (Å²) in [5.74, 6) is 0. The normalized spacial score (nSPS) is 14.0. The molecule has 0 aliphatic carbocycles. The zero-order chi connectivity index (χ0) is 4.99. The first-order chi connectivity index (χ1) is 2.77. The van der Waals surface area contributed by atoms with Crippen LogP contribution >= 0.6 is 49.7 Å². The molecular weight excluding hydrogens is 186 g/mol. The first-order valence-electron chi connectivity index (χ1n) is 1.28. The van der Waals surface area contributed by atoms with E-state index in [0.717, 1.165) is 15.9 Å². The smallest absolute Gasteiger partial charge is 0.0423 e. The van der Waals surface area contributed by atoms with Gasteiger partial charge in [-0.3, -0.25) is 0 Å². The third-order valence-electron chi connectivity index (χ3n) is 0.194. The molecule has 0 amide bonds. The van der Waals surface area contributed by atoms with E-state index >= 15 is 0 Å². The van der Waals surface area contributed by atoms with E-state index in [4.69, 9.17) is 0 Å². The van der Waals surface area contributed by atoms with E-state index in [1.54, 1.807) is 0 Å². The van der Waals surface area contributed by atoms with E-state index < -0.39 is 0 Å². The number of hydrogen-bond acceptors (Lipinski definition) is 0. The molecule has 0 radical (unpaired) electrons. The molecule has 0 aromatic rings. The highest BCUT2D eigenvalue weighted by Crippen LogP contribution is 2.77. The molecule has 0 saturated heterocycles. The van der Waals surface area contributed by atoms with Gasteiger partial charge in [0.2, 0.25) is 0 Å². The highest BCUT2D eigenvalue weighted by molar-refractivity contribution is 8.82. The van der Waals surface area contributed by atoms with Crippen LogP contribution in [0.5, 0.6) is 0 Å². The summed E-state index contributed by atoms with van der Waals surface area (Å²) in [5.41, 5.74) is 0. The average Bonchev–Trinajstić information content (AvgIpc) is 1.35. The Kier molecular flexibility index (Phi) is 8.17. The second-order valence-electron chi connectivity index (χ2n) is 0.663. The van der Waals surface area contributed by atoms with Crippen LogP contribution in [0.25, 0.3) is 0 Å². The fraction of sp³-hybridized carbons (Fsp3) is 0. The fourth-order valence-corrected chi connectivity index (χ4v) is 18.1. The van der Waals surface area contributed by atoms with Crippen LogP contribution in [-0.2, 0) is 0 Å². The van der Waals surface area contributed by atoms with Crippen molar-refractivity contribution in [3.05, 3.63) is 0 Å². The number of hydrogen-bond donors (Lipinski definition) is 0. The Balaban J connectivity index is 2.63. The van der Waals surface area contributed by atoms with Crippen molar-refractivity contribution in [2.45, 2.75) is 0 Å². The minimum Gasteiger partial charge on any atom is -0.110 e. The van der Waals surface area contributed by atoms with Gasteiger partial charge in [-0.25, -0.2) is 0 Å². The van der Waals surface area contributed by atoms with Gasteiger partial charge in [-0.1, -0.05) is 15.9 Å².